The zero-order valence-corrected chi connectivity index (χ0v) is 15.8. The first kappa shape index (κ1) is 19.5. The molecule has 0 unspecified atom stereocenters. The maximum Gasteiger partial charge on any atom is 0.253 e. The van der Waals surface area contributed by atoms with Crippen LogP contribution in [0.2, 0.25) is 0 Å². The molecule has 0 aliphatic rings. The van der Waals surface area contributed by atoms with E-state index in [0.29, 0.717) is 16.4 Å². The van der Waals surface area contributed by atoms with Gasteiger partial charge in [0.2, 0.25) is 11.0 Å². The van der Waals surface area contributed by atoms with Gasteiger partial charge in [0, 0.05) is 28.8 Å². The Kier molecular flexibility index (Phi) is 6.35. The van der Waals surface area contributed by atoms with Gasteiger partial charge in [-0.3, -0.25) is 19.7 Å². The molecule has 0 aliphatic heterocycles. The van der Waals surface area contributed by atoms with E-state index in [9.17, 15) is 14.4 Å². The molecule has 26 heavy (non-hydrogen) atoms. The molecular weight excluding hydrogens is 352 g/mol. The maximum atomic E-state index is 12.1. The Labute approximate surface area is 155 Å². The SMILES string of the molecule is CC(=O)c1ccc(NC(=O)/C=C(\C)C(=O)Nc2nnc(C(C)C)s2)cc1. The van der Waals surface area contributed by atoms with Gasteiger partial charge in [-0.25, -0.2) is 0 Å². The van der Waals surface area contributed by atoms with Crippen LogP contribution < -0.4 is 10.6 Å². The van der Waals surface area contributed by atoms with Gasteiger partial charge in [0.25, 0.3) is 5.91 Å². The van der Waals surface area contributed by atoms with Gasteiger partial charge in [0.1, 0.15) is 5.01 Å². The van der Waals surface area contributed by atoms with Crippen molar-refractivity contribution >= 4 is 39.8 Å². The zero-order valence-electron chi connectivity index (χ0n) is 15.0. The van der Waals surface area contributed by atoms with Crippen molar-refractivity contribution in [2.45, 2.75) is 33.6 Å². The average molecular weight is 372 g/mol. The molecule has 1 aromatic carbocycles. The summed E-state index contributed by atoms with van der Waals surface area (Å²) in [6, 6.07) is 6.52. The van der Waals surface area contributed by atoms with Crippen LogP contribution in [0.4, 0.5) is 10.8 Å². The summed E-state index contributed by atoms with van der Waals surface area (Å²) >= 11 is 1.30. The highest BCUT2D eigenvalue weighted by Crippen LogP contribution is 2.22. The third-order valence-electron chi connectivity index (χ3n) is 3.42. The van der Waals surface area contributed by atoms with Crippen molar-refractivity contribution in [1.29, 1.82) is 0 Å². The molecule has 1 aromatic heterocycles. The van der Waals surface area contributed by atoms with Crippen molar-refractivity contribution < 1.29 is 14.4 Å². The highest BCUT2D eigenvalue weighted by atomic mass is 32.1. The van der Waals surface area contributed by atoms with E-state index in [0.717, 1.165) is 5.01 Å². The van der Waals surface area contributed by atoms with Crippen LogP contribution in [-0.2, 0) is 9.59 Å². The van der Waals surface area contributed by atoms with E-state index in [1.54, 1.807) is 24.3 Å². The number of nitrogens with zero attached hydrogens (tertiary/aromatic N) is 2. The second-order valence-corrected chi connectivity index (χ2v) is 7.01. The number of aromatic nitrogens is 2. The van der Waals surface area contributed by atoms with Gasteiger partial charge >= 0.3 is 0 Å². The molecule has 2 amide bonds. The molecule has 0 aliphatic carbocycles. The topological polar surface area (TPSA) is 101 Å². The highest BCUT2D eigenvalue weighted by molar-refractivity contribution is 7.15. The van der Waals surface area contributed by atoms with E-state index in [4.69, 9.17) is 0 Å². The highest BCUT2D eigenvalue weighted by Gasteiger charge is 2.12. The quantitative estimate of drug-likeness (QED) is 0.598. The third-order valence-corrected chi connectivity index (χ3v) is 4.56. The van der Waals surface area contributed by atoms with Gasteiger partial charge in [0.15, 0.2) is 5.78 Å². The van der Waals surface area contributed by atoms with Crippen molar-refractivity contribution in [1.82, 2.24) is 10.2 Å². The fraction of sp³-hybridized carbons (Fsp3) is 0.278. The first-order valence-corrected chi connectivity index (χ1v) is 8.83. The first-order chi connectivity index (χ1) is 12.3. The average Bonchev–Trinajstić information content (AvgIpc) is 3.04. The van der Waals surface area contributed by atoms with E-state index >= 15 is 0 Å². The number of ketones is 1. The van der Waals surface area contributed by atoms with E-state index in [2.05, 4.69) is 20.8 Å². The number of carbonyl (C=O) groups is 3. The number of amides is 2. The monoisotopic (exact) mass is 372 g/mol. The minimum Gasteiger partial charge on any atom is -0.323 e. The van der Waals surface area contributed by atoms with E-state index in [-0.39, 0.29) is 17.3 Å². The Morgan fingerprint density at radius 2 is 1.69 bits per heavy atom. The van der Waals surface area contributed by atoms with Crippen LogP contribution in [0.3, 0.4) is 0 Å². The molecule has 0 fully saturated rings. The summed E-state index contributed by atoms with van der Waals surface area (Å²) in [5.74, 6) is -0.672. The van der Waals surface area contributed by atoms with Crippen LogP contribution >= 0.6 is 11.3 Å². The Morgan fingerprint density at radius 3 is 2.23 bits per heavy atom. The number of rotatable bonds is 6. The van der Waals surface area contributed by atoms with Crippen LogP contribution in [-0.4, -0.2) is 27.8 Å². The molecule has 2 aromatic rings. The Morgan fingerprint density at radius 1 is 1.04 bits per heavy atom. The molecule has 2 N–H and O–H groups in total. The molecule has 136 valence electrons. The molecule has 0 spiro atoms. The second kappa shape index (κ2) is 8.48. The third kappa shape index (κ3) is 5.32. The summed E-state index contributed by atoms with van der Waals surface area (Å²) in [6.45, 7) is 6.99. The number of benzene rings is 1. The van der Waals surface area contributed by atoms with E-state index in [1.807, 2.05) is 13.8 Å². The summed E-state index contributed by atoms with van der Waals surface area (Å²) in [6.07, 6.45) is 1.21. The number of nitrogens with one attached hydrogen (secondary N) is 2. The predicted molar refractivity (Wildman–Crippen MR) is 101 cm³/mol. The lowest BCUT2D eigenvalue weighted by Crippen LogP contribution is -2.16. The van der Waals surface area contributed by atoms with Crippen LogP contribution in [0, 0.1) is 0 Å². The Bertz CT molecular complexity index is 854. The lowest BCUT2D eigenvalue weighted by Gasteiger charge is -2.04. The number of hydrogen-bond donors (Lipinski definition) is 2. The summed E-state index contributed by atoms with van der Waals surface area (Å²) < 4.78 is 0. The molecule has 1 heterocycles. The second-order valence-electron chi connectivity index (χ2n) is 6.00. The van der Waals surface area contributed by atoms with Gasteiger partial charge in [-0.15, -0.1) is 10.2 Å². The molecule has 0 bridgehead atoms. The molecule has 0 saturated carbocycles. The number of carbonyl (C=O) groups excluding carboxylic acids is 3. The van der Waals surface area contributed by atoms with Crippen LogP contribution in [0.5, 0.6) is 0 Å². The lowest BCUT2D eigenvalue weighted by molar-refractivity contribution is -0.114. The van der Waals surface area contributed by atoms with Gasteiger partial charge in [-0.05, 0) is 38.1 Å². The largest absolute Gasteiger partial charge is 0.323 e. The van der Waals surface area contributed by atoms with Gasteiger partial charge in [-0.2, -0.15) is 0 Å². The minimum atomic E-state index is -0.437. The normalized spacial score (nSPS) is 11.3. The van der Waals surface area contributed by atoms with Gasteiger partial charge in [0.05, 0.1) is 0 Å². The van der Waals surface area contributed by atoms with Gasteiger partial charge in [-0.1, -0.05) is 25.2 Å². The first-order valence-electron chi connectivity index (χ1n) is 8.01. The van der Waals surface area contributed by atoms with Crippen molar-refractivity contribution in [2.75, 3.05) is 10.6 Å². The minimum absolute atomic E-state index is 0.0485. The molecule has 0 atom stereocenters. The molecule has 2 rings (SSSR count). The van der Waals surface area contributed by atoms with Crippen LogP contribution in [0.1, 0.15) is 49.0 Å². The van der Waals surface area contributed by atoms with Crippen molar-refractivity contribution in [3.8, 4) is 0 Å². The smallest absolute Gasteiger partial charge is 0.253 e. The molecule has 0 radical (unpaired) electrons. The molecular formula is C18H20N4O3S. The standard InChI is InChI=1S/C18H20N4O3S/c1-10(2)17-21-22-18(26-17)20-16(25)11(3)9-15(24)19-14-7-5-13(6-8-14)12(4)23/h5-10H,1-4H3,(H,19,24)(H,20,22,25)/b11-9+. The van der Waals surface area contributed by atoms with Crippen molar-refractivity contribution in [3.63, 3.8) is 0 Å². The molecule has 0 saturated heterocycles. The summed E-state index contributed by atoms with van der Waals surface area (Å²) in [5, 5.41) is 14.4. The van der Waals surface area contributed by atoms with E-state index in [1.165, 1.54) is 31.3 Å². The fourth-order valence-corrected chi connectivity index (χ4v) is 2.68. The summed E-state index contributed by atoms with van der Waals surface area (Å²) in [5.41, 5.74) is 1.34. The van der Waals surface area contributed by atoms with E-state index < -0.39 is 11.8 Å². The summed E-state index contributed by atoms with van der Waals surface area (Å²) in [4.78, 5) is 35.4. The number of hydrogen-bond acceptors (Lipinski definition) is 6. The molecule has 7 nitrogen and oxygen atoms in total. The lowest BCUT2D eigenvalue weighted by atomic mass is 10.1. The maximum absolute atomic E-state index is 12.1. The van der Waals surface area contributed by atoms with Crippen molar-refractivity contribution in [3.05, 3.63) is 46.5 Å². The van der Waals surface area contributed by atoms with Gasteiger partial charge < -0.3 is 5.32 Å². The zero-order chi connectivity index (χ0) is 19.3. The molecule has 8 heteroatoms. The number of anilines is 2. The van der Waals surface area contributed by atoms with Crippen molar-refractivity contribution in [2.24, 2.45) is 0 Å². The predicted octanol–water partition coefficient (Wildman–Crippen LogP) is 3.39. The fourth-order valence-electron chi connectivity index (χ4n) is 1.94. The number of Topliss-reactive ketones (excluding diaryl/α,β-unsaturated/α-hetero) is 1. The van der Waals surface area contributed by atoms with Crippen LogP contribution in [0.15, 0.2) is 35.9 Å². The Balaban J connectivity index is 1.97. The summed E-state index contributed by atoms with van der Waals surface area (Å²) in [7, 11) is 0. The Hall–Kier alpha value is -2.87. The van der Waals surface area contributed by atoms with Crippen LogP contribution in [0.25, 0.3) is 0 Å².